The van der Waals surface area contributed by atoms with Crippen LogP contribution in [0.15, 0.2) is 41.6 Å². The lowest BCUT2D eigenvalue weighted by atomic mass is 10.0. The minimum absolute atomic E-state index is 0.0157. The molecule has 1 saturated heterocycles. The Morgan fingerprint density at radius 3 is 2.47 bits per heavy atom. The molecular weight excluding hydrogens is 449 g/mol. The molecule has 2 aromatic heterocycles. The van der Waals surface area contributed by atoms with Crippen LogP contribution >= 0.6 is 0 Å². The summed E-state index contributed by atoms with van der Waals surface area (Å²) in [6.45, 7) is 4.15. The van der Waals surface area contributed by atoms with Crippen LogP contribution in [0.1, 0.15) is 29.4 Å². The molecule has 0 aliphatic carbocycles. The van der Waals surface area contributed by atoms with Gasteiger partial charge < -0.3 is 9.64 Å². The van der Waals surface area contributed by atoms with Gasteiger partial charge in [0, 0.05) is 30.5 Å². The molecule has 0 radical (unpaired) electrons. The Bertz CT molecular complexity index is 1270. The van der Waals surface area contributed by atoms with Gasteiger partial charge in [0.15, 0.2) is 17.4 Å². The summed E-state index contributed by atoms with van der Waals surface area (Å²) in [7, 11) is 0. The first-order valence-corrected chi connectivity index (χ1v) is 10.7. The standard InChI is InChI=1S/C23H21F3N6O2/c1-13-5-14(2)31(29-13)22-9-21(19(26)10-27-22)34-18-11-30(12-18)23(33)32-20(3-4-28-32)15-6-16(24)8-17(25)7-15/h4-10,18,20H,3,11-12H2,1-2H3/t20-/m0/s1. The Labute approximate surface area is 193 Å². The molecule has 1 aromatic carbocycles. The van der Waals surface area contributed by atoms with E-state index in [1.165, 1.54) is 34.3 Å². The van der Waals surface area contributed by atoms with Crippen LogP contribution in [0.4, 0.5) is 18.0 Å². The zero-order valence-electron chi connectivity index (χ0n) is 18.5. The van der Waals surface area contributed by atoms with Crippen LogP contribution in [-0.2, 0) is 0 Å². The van der Waals surface area contributed by atoms with Crippen molar-refractivity contribution in [3.8, 4) is 11.6 Å². The third kappa shape index (κ3) is 4.09. The zero-order valence-corrected chi connectivity index (χ0v) is 18.5. The summed E-state index contributed by atoms with van der Waals surface area (Å²) < 4.78 is 49.0. The number of pyridine rings is 1. The quantitative estimate of drug-likeness (QED) is 0.579. The third-order valence-corrected chi connectivity index (χ3v) is 5.74. The van der Waals surface area contributed by atoms with E-state index in [1.54, 1.807) is 4.68 Å². The topological polar surface area (TPSA) is 75.8 Å². The van der Waals surface area contributed by atoms with E-state index in [9.17, 15) is 18.0 Å². The molecule has 3 aromatic rings. The molecule has 4 heterocycles. The van der Waals surface area contributed by atoms with E-state index in [0.717, 1.165) is 23.7 Å². The largest absolute Gasteiger partial charge is 0.483 e. The number of amides is 2. The highest BCUT2D eigenvalue weighted by Gasteiger charge is 2.39. The van der Waals surface area contributed by atoms with Crippen LogP contribution in [0.2, 0.25) is 0 Å². The van der Waals surface area contributed by atoms with Gasteiger partial charge in [0.25, 0.3) is 0 Å². The molecule has 0 unspecified atom stereocenters. The summed E-state index contributed by atoms with van der Waals surface area (Å²) in [5, 5.41) is 9.64. The van der Waals surface area contributed by atoms with Crippen molar-refractivity contribution in [3.63, 3.8) is 0 Å². The number of hydrazone groups is 1. The number of rotatable bonds is 4. The predicted octanol–water partition coefficient (Wildman–Crippen LogP) is 3.92. The highest BCUT2D eigenvalue weighted by atomic mass is 19.1. The number of aromatic nitrogens is 3. The zero-order chi connectivity index (χ0) is 24.0. The molecule has 1 fully saturated rings. The maximum Gasteiger partial charge on any atom is 0.341 e. The smallest absolute Gasteiger partial charge is 0.341 e. The van der Waals surface area contributed by atoms with Crippen molar-refractivity contribution in [2.45, 2.75) is 32.4 Å². The summed E-state index contributed by atoms with van der Waals surface area (Å²) in [6, 6.07) is 5.50. The molecule has 34 heavy (non-hydrogen) atoms. The van der Waals surface area contributed by atoms with Gasteiger partial charge in [0.2, 0.25) is 0 Å². The molecule has 2 aliphatic heterocycles. The number of hydrogen-bond donors (Lipinski definition) is 0. The third-order valence-electron chi connectivity index (χ3n) is 5.74. The second-order valence-electron chi connectivity index (χ2n) is 8.34. The van der Waals surface area contributed by atoms with E-state index in [2.05, 4.69) is 15.2 Å². The van der Waals surface area contributed by atoms with Gasteiger partial charge in [-0.2, -0.15) is 10.2 Å². The summed E-state index contributed by atoms with van der Waals surface area (Å²) in [6.07, 6.45) is 2.53. The van der Waals surface area contributed by atoms with Crippen LogP contribution in [0.3, 0.4) is 0 Å². The Hall–Kier alpha value is -3.89. The minimum atomic E-state index is -0.717. The number of urea groups is 1. The fourth-order valence-corrected chi connectivity index (χ4v) is 4.11. The molecule has 11 heteroatoms. The van der Waals surface area contributed by atoms with Crippen molar-refractivity contribution in [3.05, 3.63) is 70.9 Å². The lowest BCUT2D eigenvalue weighted by molar-refractivity contribution is 0.0256. The van der Waals surface area contributed by atoms with Crippen molar-refractivity contribution in [1.82, 2.24) is 24.7 Å². The fourth-order valence-electron chi connectivity index (χ4n) is 4.11. The van der Waals surface area contributed by atoms with Gasteiger partial charge in [-0.05, 0) is 37.6 Å². The number of nitrogens with zero attached hydrogens (tertiary/aromatic N) is 6. The highest BCUT2D eigenvalue weighted by molar-refractivity contribution is 5.79. The molecule has 0 N–H and O–H groups in total. The van der Waals surface area contributed by atoms with E-state index >= 15 is 0 Å². The Balaban J connectivity index is 1.24. The van der Waals surface area contributed by atoms with Crippen LogP contribution in [-0.4, -0.2) is 56.1 Å². The molecule has 8 nitrogen and oxygen atoms in total. The summed E-state index contributed by atoms with van der Waals surface area (Å²) in [5.41, 5.74) is 1.98. The van der Waals surface area contributed by atoms with Crippen molar-refractivity contribution >= 4 is 12.2 Å². The summed E-state index contributed by atoms with van der Waals surface area (Å²) in [4.78, 5) is 18.5. The molecular formula is C23H21F3N6O2. The van der Waals surface area contributed by atoms with Gasteiger partial charge >= 0.3 is 6.03 Å². The second-order valence-corrected chi connectivity index (χ2v) is 8.34. The number of ether oxygens (including phenoxy) is 1. The number of aryl methyl sites for hydroxylation is 2. The van der Waals surface area contributed by atoms with E-state index in [-0.39, 0.29) is 18.8 Å². The molecule has 0 spiro atoms. The van der Waals surface area contributed by atoms with Gasteiger partial charge in [-0.1, -0.05) is 0 Å². The van der Waals surface area contributed by atoms with Crippen molar-refractivity contribution in [2.24, 2.45) is 5.10 Å². The van der Waals surface area contributed by atoms with E-state index in [4.69, 9.17) is 4.74 Å². The van der Waals surface area contributed by atoms with Gasteiger partial charge in [-0.25, -0.2) is 32.6 Å². The Morgan fingerprint density at radius 2 is 1.79 bits per heavy atom. The molecule has 0 bridgehead atoms. The number of carbonyl (C=O) groups excluding carboxylic acids is 1. The Kier molecular flexibility index (Phi) is 5.46. The molecule has 2 amide bonds. The normalized spacial score (nSPS) is 17.9. The van der Waals surface area contributed by atoms with Gasteiger partial charge in [-0.15, -0.1) is 0 Å². The number of hydrogen-bond acceptors (Lipinski definition) is 5. The molecule has 0 saturated carbocycles. The van der Waals surface area contributed by atoms with E-state index in [1.807, 2.05) is 19.9 Å². The van der Waals surface area contributed by atoms with Crippen molar-refractivity contribution < 1.29 is 22.7 Å². The summed E-state index contributed by atoms with van der Waals surface area (Å²) in [5.74, 6) is -1.61. The first-order valence-electron chi connectivity index (χ1n) is 10.7. The average molecular weight is 470 g/mol. The number of likely N-dealkylation sites (tertiary alicyclic amines) is 1. The molecule has 5 rings (SSSR count). The Morgan fingerprint density at radius 1 is 1.06 bits per heavy atom. The van der Waals surface area contributed by atoms with Crippen LogP contribution in [0.5, 0.6) is 5.75 Å². The average Bonchev–Trinajstić information content (AvgIpc) is 3.37. The molecule has 2 aliphatic rings. The number of halogens is 3. The van der Waals surface area contributed by atoms with Crippen molar-refractivity contribution in [2.75, 3.05) is 13.1 Å². The van der Waals surface area contributed by atoms with Gasteiger partial charge in [-0.3, -0.25) is 0 Å². The molecule has 176 valence electrons. The summed E-state index contributed by atoms with van der Waals surface area (Å²) >= 11 is 0. The monoisotopic (exact) mass is 470 g/mol. The first-order chi connectivity index (χ1) is 16.3. The second kappa shape index (κ2) is 8.47. The van der Waals surface area contributed by atoms with Gasteiger partial charge in [0.1, 0.15) is 17.7 Å². The van der Waals surface area contributed by atoms with Gasteiger partial charge in [0.05, 0.1) is 31.0 Å². The van der Waals surface area contributed by atoms with Crippen LogP contribution in [0.25, 0.3) is 5.82 Å². The lowest BCUT2D eigenvalue weighted by Crippen LogP contribution is -2.58. The predicted molar refractivity (Wildman–Crippen MR) is 116 cm³/mol. The SMILES string of the molecule is Cc1cc(C)n(-c2cc(OC3CN(C(=O)N4N=CC[C@H]4c4cc(F)cc(F)c4)C3)c(F)cn2)n1. The molecule has 1 atom stereocenters. The van der Waals surface area contributed by atoms with Crippen LogP contribution in [0, 0.1) is 31.3 Å². The lowest BCUT2D eigenvalue weighted by Gasteiger charge is -2.41. The van der Waals surface area contributed by atoms with Crippen molar-refractivity contribution in [1.29, 1.82) is 0 Å². The van der Waals surface area contributed by atoms with E-state index < -0.39 is 35.6 Å². The number of benzene rings is 1. The fraction of sp³-hybridized carbons (Fsp3) is 0.304. The number of carbonyl (C=O) groups is 1. The minimum Gasteiger partial charge on any atom is -0.483 e. The maximum absolute atomic E-state index is 14.3. The van der Waals surface area contributed by atoms with E-state index in [0.29, 0.717) is 17.8 Å². The van der Waals surface area contributed by atoms with Crippen LogP contribution < -0.4 is 4.74 Å². The highest BCUT2D eigenvalue weighted by Crippen LogP contribution is 2.32. The first kappa shape index (κ1) is 21.9. The maximum atomic E-state index is 14.3.